The normalized spacial score (nSPS) is 21.2. The van der Waals surface area contributed by atoms with E-state index in [4.69, 9.17) is 9.26 Å². The lowest BCUT2D eigenvalue weighted by molar-refractivity contribution is -0.127. The van der Waals surface area contributed by atoms with Crippen LogP contribution in [0, 0.1) is 12.8 Å². The molecule has 0 aromatic carbocycles. The average molecular weight is 364 g/mol. The molecule has 26 heavy (non-hydrogen) atoms. The molecule has 0 radical (unpaired) electrons. The maximum atomic E-state index is 12.5. The minimum absolute atomic E-state index is 0.00613. The van der Waals surface area contributed by atoms with Crippen LogP contribution in [-0.4, -0.2) is 60.2 Å². The zero-order valence-electron chi connectivity index (χ0n) is 15.1. The van der Waals surface area contributed by atoms with Crippen molar-refractivity contribution < 1.29 is 23.6 Å². The van der Waals surface area contributed by atoms with Gasteiger partial charge in [-0.25, -0.2) is 4.79 Å². The highest BCUT2D eigenvalue weighted by Crippen LogP contribution is 2.25. The monoisotopic (exact) mass is 364 g/mol. The number of aryl methyl sites for hydroxylation is 1. The maximum absolute atomic E-state index is 12.5. The first-order valence-electron chi connectivity index (χ1n) is 8.93. The van der Waals surface area contributed by atoms with Gasteiger partial charge in [0.15, 0.2) is 5.82 Å². The first-order chi connectivity index (χ1) is 12.5. The molecule has 2 aliphatic heterocycles. The van der Waals surface area contributed by atoms with Gasteiger partial charge in [-0.1, -0.05) is 5.16 Å². The van der Waals surface area contributed by atoms with E-state index in [2.05, 4.69) is 10.5 Å². The first kappa shape index (κ1) is 18.2. The molecule has 1 aromatic rings. The fraction of sp³-hybridized carbons (Fsp3) is 0.647. The number of rotatable bonds is 4. The van der Waals surface area contributed by atoms with Gasteiger partial charge in [-0.2, -0.15) is 0 Å². The summed E-state index contributed by atoms with van der Waals surface area (Å²) < 4.78 is 9.99. The Morgan fingerprint density at radius 2 is 2.12 bits per heavy atom. The summed E-state index contributed by atoms with van der Waals surface area (Å²) >= 11 is 0. The number of nitrogens with zero attached hydrogens (tertiary/aromatic N) is 3. The summed E-state index contributed by atoms with van der Waals surface area (Å²) in [6.07, 6.45) is 1.21. The molecule has 1 atom stereocenters. The van der Waals surface area contributed by atoms with Crippen molar-refractivity contribution in [1.29, 1.82) is 0 Å². The molecule has 1 unspecified atom stereocenters. The Morgan fingerprint density at radius 1 is 1.38 bits per heavy atom. The molecule has 0 saturated carbocycles. The Hall–Kier alpha value is -2.58. The number of hydrogen-bond donors (Lipinski definition) is 1. The van der Waals surface area contributed by atoms with Crippen LogP contribution < -0.4 is 10.2 Å². The molecular weight excluding hydrogens is 340 g/mol. The highest BCUT2D eigenvalue weighted by atomic mass is 16.6. The van der Waals surface area contributed by atoms with Gasteiger partial charge in [-0.3, -0.25) is 14.5 Å². The number of anilines is 1. The van der Waals surface area contributed by atoms with Gasteiger partial charge in [-0.05, 0) is 26.7 Å². The van der Waals surface area contributed by atoms with E-state index in [1.807, 2.05) is 0 Å². The van der Waals surface area contributed by atoms with Crippen molar-refractivity contribution in [2.24, 2.45) is 5.92 Å². The molecular formula is C17H24N4O5. The average Bonchev–Trinajstić information content (AvgIpc) is 3.21. The van der Waals surface area contributed by atoms with E-state index in [0.29, 0.717) is 50.7 Å². The van der Waals surface area contributed by atoms with E-state index < -0.39 is 5.92 Å². The maximum Gasteiger partial charge on any atom is 0.409 e. The summed E-state index contributed by atoms with van der Waals surface area (Å²) in [6, 6.07) is 1.69. The Kier molecular flexibility index (Phi) is 5.43. The van der Waals surface area contributed by atoms with Crippen molar-refractivity contribution in [2.75, 3.05) is 31.1 Å². The quantitative estimate of drug-likeness (QED) is 0.857. The predicted octanol–water partition coefficient (Wildman–Crippen LogP) is 1.07. The van der Waals surface area contributed by atoms with E-state index in [1.54, 1.807) is 24.8 Å². The van der Waals surface area contributed by atoms with Crippen molar-refractivity contribution in [3.05, 3.63) is 11.8 Å². The lowest BCUT2D eigenvalue weighted by Gasteiger charge is -2.32. The van der Waals surface area contributed by atoms with Gasteiger partial charge in [0.05, 0.1) is 12.5 Å². The van der Waals surface area contributed by atoms with Gasteiger partial charge in [0.1, 0.15) is 5.76 Å². The van der Waals surface area contributed by atoms with Crippen molar-refractivity contribution in [3.8, 4) is 0 Å². The van der Waals surface area contributed by atoms with Crippen molar-refractivity contribution in [3.63, 3.8) is 0 Å². The lowest BCUT2D eigenvalue weighted by Crippen LogP contribution is -2.48. The highest BCUT2D eigenvalue weighted by Gasteiger charge is 2.37. The molecule has 2 saturated heterocycles. The van der Waals surface area contributed by atoms with Crippen LogP contribution in [-0.2, 0) is 14.3 Å². The van der Waals surface area contributed by atoms with E-state index in [1.165, 1.54) is 4.90 Å². The summed E-state index contributed by atoms with van der Waals surface area (Å²) in [5.41, 5.74) is 0. The van der Waals surface area contributed by atoms with Gasteiger partial charge < -0.3 is 19.5 Å². The lowest BCUT2D eigenvalue weighted by atomic mass is 10.0. The van der Waals surface area contributed by atoms with Gasteiger partial charge in [-0.15, -0.1) is 0 Å². The van der Waals surface area contributed by atoms with Gasteiger partial charge >= 0.3 is 6.09 Å². The Bertz CT molecular complexity index is 680. The van der Waals surface area contributed by atoms with Crippen LogP contribution in [0.2, 0.25) is 0 Å². The van der Waals surface area contributed by atoms with E-state index in [9.17, 15) is 14.4 Å². The summed E-state index contributed by atoms with van der Waals surface area (Å²) in [7, 11) is 0. The molecule has 2 fully saturated rings. The third-order valence-corrected chi connectivity index (χ3v) is 4.76. The fourth-order valence-corrected chi connectivity index (χ4v) is 3.33. The van der Waals surface area contributed by atoms with Crippen LogP contribution in [0.15, 0.2) is 10.6 Å². The smallest absolute Gasteiger partial charge is 0.409 e. The molecule has 0 aliphatic carbocycles. The number of ether oxygens (including phenoxy) is 1. The molecule has 3 rings (SSSR count). The number of nitrogens with one attached hydrogen (secondary N) is 1. The number of aromatic nitrogens is 1. The molecule has 9 nitrogen and oxygen atoms in total. The standard InChI is InChI=1S/C17H24N4O5/c1-3-25-17(24)20-6-4-13(5-7-20)18-16(23)12-9-15(22)21(10-12)14-8-11(2)26-19-14/h8,12-13H,3-7,9-10H2,1-2H3,(H,18,23). The minimum atomic E-state index is -0.400. The second-order valence-corrected chi connectivity index (χ2v) is 6.67. The fourth-order valence-electron chi connectivity index (χ4n) is 3.33. The SMILES string of the molecule is CCOC(=O)N1CCC(NC(=O)C2CC(=O)N(c3cc(C)on3)C2)CC1. The van der Waals surface area contributed by atoms with Gasteiger partial charge in [0.2, 0.25) is 11.8 Å². The summed E-state index contributed by atoms with van der Waals surface area (Å²) in [5, 5.41) is 6.86. The second kappa shape index (κ2) is 7.76. The van der Waals surface area contributed by atoms with Gasteiger partial charge in [0, 0.05) is 38.2 Å². The number of carbonyl (C=O) groups is 3. The topological polar surface area (TPSA) is 105 Å². The molecule has 3 heterocycles. The van der Waals surface area contributed by atoms with Crippen LogP contribution >= 0.6 is 0 Å². The van der Waals surface area contributed by atoms with Crippen LogP contribution in [0.5, 0.6) is 0 Å². The molecule has 3 amide bonds. The molecule has 0 bridgehead atoms. The third kappa shape index (κ3) is 3.97. The molecule has 1 aromatic heterocycles. The molecule has 142 valence electrons. The number of amides is 3. The van der Waals surface area contributed by atoms with E-state index >= 15 is 0 Å². The van der Waals surface area contributed by atoms with Crippen molar-refractivity contribution >= 4 is 23.7 Å². The third-order valence-electron chi connectivity index (χ3n) is 4.76. The highest BCUT2D eigenvalue weighted by molar-refractivity contribution is 5.99. The van der Waals surface area contributed by atoms with Crippen LogP contribution in [0.3, 0.4) is 0 Å². The Labute approximate surface area is 151 Å². The number of piperidine rings is 1. The summed E-state index contributed by atoms with van der Waals surface area (Å²) in [4.78, 5) is 39.5. The van der Waals surface area contributed by atoms with Crippen LogP contribution in [0.4, 0.5) is 10.6 Å². The van der Waals surface area contributed by atoms with Crippen LogP contribution in [0.25, 0.3) is 0 Å². The van der Waals surface area contributed by atoms with E-state index in [-0.39, 0.29) is 30.4 Å². The van der Waals surface area contributed by atoms with Crippen LogP contribution in [0.1, 0.15) is 31.9 Å². The minimum Gasteiger partial charge on any atom is -0.450 e. The summed E-state index contributed by atoms with van der Waals surface area (Å²) in [5.74, 6) is 0.411. The largest absolute Gasteiger partial charge is 0.450 e. The number of likely N-dealkylation sites (tertiary alicyclic amines) is 1. The number of carbonyl (C=O) groups excluding carboxylic acids is 3. The van der Waals surface area contributed by atoms with Gasteiger partial charge in [0.25, 0.3) is 0 Å². The Morgan fingerprint density at radius 3 is 2.73 bits per heavy atom. The predicted molar refractivity (Wildman–Crippen MR) is 91.5 cm³/mol. The molecule has 2 aliphatic rings. The zero-order valence-corrected chi connectivity index (χ0v) is 15.1. The number of hydrogen-bond acceptors (Lipinski definition) is 6. The zero-order chi connectivity index (χ0) is 18.7. The molecule has 1 N–H and O–H groups in total. The van der Waals surface area contributed by atoms with E-state index in [0.717, 1.165) is 0 Å². The second-order valence-electron chi connectivity index (χ2n) is 6.67. The summed E-state index contributed by atoms with van der Waals surface area (Å²) in [6.45, 7) is 5.29. The Balaban J connectivity index is 1.49. The molecule has 9 heteroatoms. The van der Waals surface area contributed by atoms with Crippen molar-refractivity contribution in [1.82, 2.24) is 15.4 Å². The first-order valence-corrected chi connectivity index (χ1v) is 8.93. The molecule has 0 spiro atoms. The van der Waals surface area contributed by atoms with Crippen molar-refractivity contribution in [2.45, 2.75) is 39.2 Å².